The second kappa shape index (κ2) is 6.78. The summed E-state index contributed by atoms with van der Waals surface area (Å²) in [5, 5.41) is 10.7. The molecule has 2 aromatic rings. The first-order chi connectivity index (χ1) is 12.0. The van der Waals surface area contributed by atoms with E-state index in [4.69, 9.17) is 4.74 Å². The molecule has 2 aromatic carbocycles. The number of amides is 2. The number of benzene rings is 2. The Morgan fingerprint density at radius 2 is 1.88 bits per heavy atom. The summed E-state index contributed by atoms with van der Waals surface area (Å²) in [6, 6.07) is 12.9. The predicted molar refractivity (Wildman–Crippen MR) is 94.5 cm³/mol. The number of rotatable bonds is 4. The molecule has 126 valence electrons. The number of hydrogen-bond acceptors (Lipinski definition) is 6. The second-order valence-corrected chi connectivity index (χ2v) is 6.03. The van der Waals surface area contributed by atoms with E-state index in [1.165, 1.54) is 25.3 Å². The third kappa shape index (κ3) is 3.24. The fraction of sp³-hybridized carbons (Fsp3) is 0.0588. The molecule has 3 rings (SSSR count). The number of methoxy groups -OCH3 is 1. The van der Waals surface area contributed by atoms with Gasteiger partial charge in [0.1, 0.15) is 0 Å². The Bertz CT molecular complexity index is 895. The van der Waals surface area contributed by atoms with Gasteiger partial charge < -0.3 is 4.74 Å². The maximum Gasteiger partial charge on any atom is 0.311 e. The summed E-state index contributed by atoms with van der Waals surface area (Å²) in [6.07, 6.45) is 1.46. The smallest absolute Gasteiger partial charge is 0.311 e. The molecule has 8 heteroatoms. The van der Waals surface area contributed by atoms with Gasteiger partial charge in [-0.2, -0.15) is 0 Å². The summed E-state index contributed by atoms with van der Waals surface area (Å²) in [6.45, 7) is 0. The number of imide groups is 1. The minimum absolute atomic E-state index is 0.125. The zero-order valence-corrected chi connectivity index (χ0v) is 13.9. The van der Waals surface area contributed by atoms with Gasteiger partial charge in [0, 0.05) is 6.07 Å². The van der Waals surface area contributed by atoms with Crippen molar-refractivity contribution >= 4 is 40.4 Å². The van der Waals surface area contributed by atoms with Gasteiger partial charge in [-0.05, 0) is 41.6 Å². The lowest BCUT2D eigenvalue weighted by atomic mass is 10.1. The number of nitro benzene ring substituents is 1. The van der Waals surface area contributed by atoms with Crippen molar-refractivity contribution in [3.05, 3.63) is 69.1 Å². The average Bonchev–Trinajstić information content (AvgIpc) is 2.89. The van der Waals surface area contributed by atoms with Gasteiger partial charge in [0.15, 0.2) is 5.75 Å². The lowest BCUT2D eigenvalue weighted by molar-refractivity contribution is -0.385. The number of nitrogens with zero attached hydrogens (tertiary/aromatic N) is 2. The Hall–Kier alpha value is -3.13. The van der Waals surface area contributed by atoms with Crippen LogP contribution in [0.2, 0.25) is 0 Å². The highest BCUT2D eigenvalue weighted by Gasteiger charge is 2.36. The molecule has 0 N–H and O–H groups in total. The van der Waals surface area contributed by atoms with Crippen LogP contribution in [0.5, 0.6) is 5.75 Å². The molecule has 1 heterocycles. The topological polar surface area (TPSA) is 89.8 Å². The Morgan fingerprint density at radius 3 is 2.52 bits per heavy atom. The van der Waals surface area contributed by atoms with Gasteiger partial charge >= 0.3 is 5.69 Å². The van der Waals surface area contributed by atoms with Crippen LogP contribution in [0, 0.1) is 10.1 Å². The molecule has 0 spiro atoms. The summed E-state index contributed by atoms with van der Waals surface area (Å²) in [7, 11) is 1.34. The maximum atomic E-state index is 12.5. The van der Waals surface area contributed by atoms with Gasteiger partial charge in [-0.3, -0.25) is 19.7 Å². The van der Waals surface area contributed by atoms with Crippen LogP contribution >= 0.6 is 11.8 Å². The van der Waals surface area contributed by atoms with Crippen LogP contribution in [-0.2, 0) is 4.79 Å². The van der Waals surface area contributed by atoms with Gasteiger partial charge in [-0.25, -0.2) is 4.90 Å². The number of thioether (sulfide) groups is 1. The molecule has 0 aromatic heterocycles. The Morgan fingerprint density at radius 1 is 1.16 bits per heavy atom. The molecule has 0 aliphatic carbocycles. The van der Waals surface area contributed by atoms with Crippen molar-refractivity contribution in [2.75, 3.05) is 12.0 Å². The number of nitro groups is 1. The molecule has 1 saturated heterocycles. The Kier molecular flexibility index (Phi) is 4.53. The highest BCUT2D eigenvalue weighted by atomic mass is 32.2. The van der Waals surface area contributed by atoms with Crippen LogP contribution in [0.4, 0.5) is 16.2 Å². The van der Waals surface area contributed by atoms with Crippen molar-refractivity contribution < 1.29 is 19.2 Å². The highest BCUT2D eigenvalue weighted by molar-refractivity contribution is 8.19. The lowest BCUT2D eigenvalue weighted by Crippen LogP contribution is -2.27. The number of carbonyl (C=O) groups excluding carboxylic acids is 2. The number of hydrogen-bond donors (Lipinski definition) is 0. The number of para-hydroxylation sites is 1. The lowest BCUT2D eigenvalue weighted by Gasteiger charge is -2.11. The second-order valence-electron chi connectivity index (χ2n) is 5.04. The van der Waals surface area contributed by atoms with Crippen LogP contribution in [-0.4, -0.2) is 23.2 Å². The fourth-order valence-corrected chi connectivity index (χ4v) is 3.20. The van der Waals surface area contributed by atoms with E-state index in [0.717, 1.165) is 16.7 Å². The molecule has 1 aliphatic rings. The molecule has 0 unspecified atom stereocenters. The van der Waals surface area contributed by atoms with E-state index in [9.17, 15) is 19.7 Å². The molecule has 1 fully saturated rings. The molecule has 0 radical (unpaired) electrons. The standard InChI is InChI=1S/C17H12N2O5S/c1-24-14-8-7-11(9-13(14)19(22)23)10-15-16(20)18(17(21)25-15)12-5-3-2-4-6-12/h2-10H,1H3/b15-10-. The molecular formula is C17H12N2O5S. The predicted octanol–water partition coefficient (Wildman–Crippen LogP) is 3.84. The molecule has 0 bridgehead atoms. The molecule has 0 saturated carbocycles. The highest BCUT2D eigenvalue weighted by Crippen LogP contribution is 2.36. The first kappa shape index (κ1) is 16.7. The van der Waals surface area contributed by atoms with Crippen LogP contribution in [0.15, 0.2) is 53.4 Å². The minimum atomic E-state index is -0.564. The SMILES string of the molecule is COc1ccc(/C=C2\SC(=O)N(c3ccccc3)C2=O)cc1[N+](=O)[O-]. The molecule has 25 heavy (non-hydrogen) atoms. The molecule has 0 atom stereocenters. The van der Waals surface area contributed by atoms with E-state index in [1.807, 2.05) is 0 Å². The van der Waals surface area contributed by atoms with Gasteiger partial charge in [0.2, 0.25) is 0 Å². The van der Waals surface area contributed by atoms with E-state index >= 15 is 0 Å². The molecular weight excluding hydrogens is 344 g/mol. The number of ether oxygens (including phenoxy) is 1. The summed E-state index contributed by atoms with van der Waals surface area (Å²) in [4.78, 5) is 36.5. The third-order valence-corrected chi connectivity index (χ3v) is 4.38. The van der Waals surface area contributed by atoms with E-state index in [2.05, 4.69) is 0 Å². The van der Waals surface area contributed by atoms with Gasteiger partial charge in [0.25, 0.3) is 11.1 Å². The van der Waals surface area contributed by atoms with Crippen LogP contribution < -0.4 is 9.64 Å². The van der Waals surface area contributed by atoms with Crippen LogP contribution in [0.3, 0.4) is 0 Å². The summed E-state index contributed by atoms with van der Waals surface area (Å²) in [5.41, 5.74) is 0.707. The summed E-state index contributed by atoms with van der Waals surface area (Å²) < 4.78 is 4.95. The van der Waals surface area contributed by atoms with Crippen LogP contribution in [0.25, 0.3) is 6.08 Å². The Balaban J connectivity index is 1.95. The third-order valence-electron chi connectivity index (χ3n) is 3.51. The molecule has 7 nitrogen and oxygen atoms in total. The van der Waals surface area contributed by atoms with Gasteiger partial charge in [-0.15, -0.1) is 0 Å². The monoisotopic (exact) mass is 356 g/mol. The average molecular weight is 356 g/mol. The summed E-state index contributed by atoms with van der Waals surface area (Å²) >= 11 is 0.793. The van der Waals surface area contributed by atoms with Crippen molar-refractivity contribution in [3.8, 4) is 5.75 Å². The number of anilines is 1. The van der Waals surface area contributed by atoms with Gasteiger partial charge in [0.05, 0.1) is 22.6 Å². The molecule has 1 aliphatic heterocycles. The van der Waals surface area contributed by atoms with Crippen molar-refractivity contribution in [3.63, 3.8) is 0 Å². The largest absolute Gasteiger partial charge is 0.490 e. The zero-order valence-electron chi connectivity index (χ0n) is 13.0. The zero-order chi connectivity index (χ0) is 18.0. The first-order valence-corrected chi connectivity index (χ1v) is 7.98. The van der Waals surface area contributed by atoms with E-state index in [-0.39, 0.29) is 16.3 Å². The van der Waals surface area contributed by atoms with Crippen molar-refractivity contribution in [2.45, 2.75) is 0 Å². The van der Waals surface area contributed by atoms with E-state index in [1.54, 1.807) is 36.4 Å². The Labute approximate surface area is 147 Å². The minimum Gasteiger partial charge on any atom is -0.490 e. The fourth-order valence-electron chi connectivity index (χ4n) is 2.36. The quantitative estimate of drug-likeness (QED) is 0.470. The van der Waals surface area contributed by atoms with Crippen molar-refractivity contribution in [1.29, 1.82) is 0 Å². The van der Waals surface area contributed by atoms with E-state index < -0.39 is 16.1 Å². The van der Waals surface area contributed by atoms with Gasteiger partial charge in [-0.1, -0.05) is 24.3 Å². The van der Waals surface area contributed by atoms with Crippen molar-refractivity contribution in [1.82, 2.24) is 0 Å². The molecule has 2 amide bonds. The normalized spacial score (nSPS) is 15.7. The maximum absolute atomic E-state index is 12.5. The van der Waals surface area contributed by atoms with Crippen molar-refractivity contribution in [2.24, 2.45) is 0 Å². The van der Waals surface area contributed by atoms with Crippen LogP contribution in [0.1, 0.15) is 5.56 Å². The summed E-state index contributed by atoms with van der Waals surface area (Å²) in [5.74, 6) is -0.334. The first-order valence-electron chi connectivity index (χ1n) is 7.16. The number of carbonyl (C=O) groups is 2. The van der Waals surface area contributed by atoms with E-state index in [0.29, 0.717) is 11.3 Å².